The average Bonchev–Trinajstić information content (AvgIpc) is 2.80. The molecule has 0 radical (unpaired) electrons. The molecule has 1 N–H and O–H groups in total. The van der Waals surface area contributed by atoms with E-state index in [-0.39, 0.29) is 5.82 Å². The lowest BCUT2D eigenvalue weighted by molar-refractivity contribution is 0.619. The first-order valence-corrected chi connectivity index (χ1v) is 10.2. The molecule has 150 valence electrons. The van der Waals surface area contributed by atoms with Gasteiger partial charge in [-0.05, 0) is 66.8 Å². The van der Waals surface area contributed by atoms with E-state index in [0.29, 0.717) is 5.56 Å². The summed E-state index contributed by atoms with van der Waals surface area (Å²) in [5.41, 5.74) is 5.45. The van der Waals surface area contributed by atoms with Crippen molar-refractivity contribution in [2.24, 2.45) is 0 Å². The number of hydrogen-bond donors (Lipinski definition) is 1. The molecule has 0 bridgehead atoms. The van der Waals surface area contributed by atoms with E-state index in [0.717, 1.165) is 47.6 Å². The fourth-order valence-electron chi connectivity index (χ4n) is 3.43. The van der Waals surface area contributed by atoms with Crippen LogP contribution in [0.15, 0.2) is 85.2 Å². The third-order valence-corrected chi connectivity index (χ3v) is 5.12. The average molecular weight is 397 g/mol. The monoisotopic (exact) mass is 397 g/mol. The molecule has 2 aromatic carbocycles. The van der Waals surface area contributed by atoms with Gasteiger partial charge in [-0.15, -0.1) is 0 Å². The summed E-state index contributed by atoms with van der Waals surface area (Å²) < 4.78 is 14.2. The van der Waals surface area contributed by atoms with Crippen molar-refractivity contribution in [2.75, 3.05) is 11.9 Å². The van der Waals surface area contributed by atoms with Crippen molar-refractivity contribution in [3.05, 3.63) is 102 Å². The Balaban J connectivity index is 1.57. The van der Waals surface area contributed by atoms with Gasteiger partial charge in [-0.2, -0.15) is 0 Å². The first-order chi connectivity index (χ1) is 14.7. The Labute approximate surface area is 176 Å². The van der Waals surface area contributed by atoms with Crippen LogP contribution in [0.25, 0.3) is 22.4 Å². The van der Waals surface area contributed by atoms with Crippen LogP contribution >= 0.6 is 0 Å². The van der Waals surface area contributed by atoms with Crippen molar-refractivity contribution in [1.29, 1.82) is 0 Å². The minimum atomic E-state index is -0.212. The number of benzene rings is 2. The zero-order valence-electron chi connectivity index (χ0n) is 17.0. The number of aromatic nitrogens is 2. The second-order valence-electron chi connectivity index (χ2n) is 7.31. The first-order valence-electron chi connectivity index (χ1n) is 10.2. The topological polar surface area (TPSA) is 37.8 Å². The lowest BCUT2D eigenvalue weighted by Gasteiger charge is -2.13. The molecule has 0 saturated heterocycles. The van der Waals surface area contributed by atoms with E-state index in [1.54, 1.807) is 31.5 Å². The van der Waals surface area contributed by atoms with Crippen molar-refractivity contribution in [2.45, 2.75) is 19.8 Å². The molecule has 0 unspecified atom stereocenters. The number of rotatable bonds is 7. The Morgan fingerprint density at radius 3 is 2.43 bits per heavy atom. The van der Waals surface area contributed by atoms with Crippen LogP contribution < -0.4 is 5.32 Å². The molecule has 0 aliphatic rings. The highest BCUT2D eigenvalue weighted by Crippen LogP contribution is 2.32. The summed E-state index contributed by atoms with van der Waals surface area (Å²) in [5, 5.41) is 3.42. The molecule has 0 saturated carbocycles. The van der Waals surface area contributed by atoms with E-state index in [1.165, 1.54) is 5.56 Å². The second kappa shape index (κ2) is 9.31. The van der Waals surface area contributed by atoms with Gasteiger partial charge in [0, 0.05) is 30.1 Å². The van der Waals surface area contributed by atoms with Crippen LogP contribution in [-0.4, -0.2) is 16.5 Å². The van der Waals surface area contributed by atoms with Crippen molar-refractivity contribution < 1.29 is 4.39 Å². The summed E-state index contributed by atoms with van der Waals surface area (Å²) in [5.74, 6) is 0.600. The van der Waals surface area contributed by atoms with Crippen LogP contribution in [0.4, 0.5) is 10.2 Å². The summed E-state index contributed by atoms with van der Waals surface area (Å²) in [7, 11) is 0. The number of nitrogens with one attached hydrogen (secondary N) is 1. The zero-order valence-corrected chi connectivity index (χ0v) is 17.0. The van der Waals surface area contributed by atoms with Crippen LogP contribution in [0.5, 0.6) is 0 Å². The molecule has 2 heterocycles. The summed E-state index contributed by atoms with van der Waals surface area (Å²) in [6.07, 6.45) is 5.53. The Morgan fingerprint density at radius 2 is 1.67 bits per heavy atom. The molecule has 30 heavy (non-hydrogen) atoms. The highest BCUT2D eigenvalue weighted by molar-refractivity contribution is 5.81. The highest BCUT2D eigenvalue weighted by Gasteiger charge is 2.12. The van der Waals surface area contributed by atoms with Crippen molar-refractivity contribution >= 4 is 5.82 Å². The van der Waals surface area contributed by atoms with Gasteiger partial charge in [0.1, 0.15) is 11.6 Å². The van der Waals surface area contributed by atoms with Crippen molar-refractivity contribution in [1.82, 2.24) is 9.97 Å². The lowest BCUT2D eigenvalue weighted by atomic mass is 9.98. The van der Waals surface area contributed by atoms with Gasteiger partial charge in [-0.25, -0.2) is 9.37 Å². The van der Waals surface area contributed by atoms with Crippen molar-refractivity contribution in [3.63, 3.8) is 0 Å². The molecule has 0 fully saturated rings. The molecule has 0 amide bonds. The van der Waals surface area contributed by atoms with Crippen LogP contribution in [-0.2, 0) is 6.42 Å². The molecule has 2 aromatic heterocycles. The van der Waals surface area contributed by atoms with Crippen molar-refractivity contribution in [3.8, 4) is 22.4 Å². The van der Waals surface area contributed by atoms with Crippen LogP contribution in [0.3, 0.4) is 0 Å². The maximum atomic E-state index is 14.2. The van der Waals surface area contributed by atoms with Gasteiger partial charge in [0.15, 0.2) is 0 Å². The SMILES string of the molecule is Cc1ccc(-c2ccc(NCCCc3ccccc3)nc2-c2ccncc2)cc1F. The van der Waals surface area contributed by atoms with Gasteiger partial charge in [0.2, 0.25) is 0 Å². The predicted molar refractivity (Wildman–Crippen MR) is 121 cm³/mol. The third kappa shape index (κ3) is 4.71. The Morgan fingerprint density at radius 1 is 0.867 bits per heavy atom. The summed E-state index contributed by atoms with van der Waals surface area (Å²) >= 11 is 0. The largest absolute Gasteiger partial charge is 0.370 e. The Kier molecular flexibility index (Phi) is 6.14. The Bertz CT molecular complexity index is 1110. The number of hydrogen-bond acceptors (Lipinski definition) is 3. The molecular weight excluding hydrogens is 373 g/mol. The second-order valence-corrected chi connectivity index (χ2v) is 7.31. The maximum absolute atomic E-state index is 14.2. The molecule has 3 nitrogen and oxygen atoms in total. The van der Waals surface area contributed by atoms with E-state index in [4.69, 9.17) is 4.98 Å². The van der Waals surface area contributed by atoms with E-state index < -0.39 is 0 Å². The molecule has 0 atom stereocenters. The number of aryl methyl sites for hydroxylation is 2. The minimum Gasteiger partial charge on any atom is -0.370 e. The zero-order chi connectivity index (χ0) is 20.8. The third-order valence-electron chi connectivity index (χ3n) is 5.12. The summed E-state index contributed by atoms with van der Waals surface area (Å²) in [6.45, 7) is 2.60. The van der Waals surface area contributed by atoms with Crippen LogP contribution in [0.2, 0.25) is 0 Å². The van der Waals surface area contributed by atoms with Crippen LogP contribution in [0, 0.1) is 12.7 Å². The van der Waals surface area contributed by atoms with Gasteiger partial charge in [0.05, 0.1) is 5.69 Å². The van der Waals surface area contributed by atoms with Gasteiger partial charge < -0.3 is 5.32 Å². The van der Waals surface area contributed by atoms with E-state index in [2.05, 4.69) is 34.6 Å². The van der Waals surface area contributed by atoms with E-state index >= 15 is 0 Å². The number of nitrogens with zero attached hydrogens (tertiary/aromatic N) is 2. The standard InChI is InChI=1S/C26H24FN3/c1-19-9-10-22(18-24(19)27)23-11-12-25(30-26(23)21-13-16-28-17-14-21)29-15-5-8-20-6-3-2-4-7-20/h2-4,6-7,9-14,16-18H,5,8,15H2,1H3,(H,29,30). The fraction of sp³-hybridized carbons (Fsp3) is 0.154. The molecule has 4 rings (SSSR count). The van der Waals surface area contributed by atoms with Gasteiger partial charge >= 0.3 is 0 Å². The van der Waals surface area contributed by atoms with Crippen LogP contribution in [0.1, 0.15) is 17.5 Å². The normalized spacial score (nSPS) is 10.7. The number of halogens is 1. The molecule has 0 aliphatic heterocycles. The van der Waals surface area contributed by atoms with Gasteiger partial charge in [-0.1, -0.05) is 42.5 Å². The maximum Gasteiger partial charge on any atom is 0.126 e. The molecule has 4 aromatic rings. The summed E-state index contributed by atoms with van der Waals surface area (Å²) in [4.78, 5) is 8.96. The molecule has 0 spiro atoms. The summed E-state index contributed by atoms with van der Waals surface area (Å²) in [6, 6.07) is 23.6. The molecular formula is C26H24FN3. The fourth-order valence-corrected chi connectivity index (χ4v) is 3.43. The number of pyridine rings is 2. The van der Waals surface area contributed by atoms with Gasteiger partial charge in [-0.3, -0.25) is 4.98 Å². The quantitative estimate of drug-likeness (QED) is 0.372. The highest BCUT2D eigenvalue weighted by atomic mass is 19.1. The minimum absolute atomic E-state index is 0.212. The van der Waals surface area contributed by atoms with Gasteiger partial charge in [0.25, 0.3) is 0 Å². The Hall–Kier alpha value is -3.53. The number of anilines is 1. The molecule has 0 aliphatic carbocycles. The van der Waals surface area contributed by atoms with E-state index in [1.807, 2.05) is 36.4 Å². The predicted octanol–water partition coefficient (Wildman–Crippen LogP) is 6.30. The van der Waals surface area contributed by atoms with E-state index in [9.17, 15) is 4.39 Å². The smallest absolute Gasteiger partial charge is 0.126 e. The first kappa shape index (κ1) is 19.8. The molecule has 4 heteroatoms. The lowest BCUT2D eigenvalue weighted by Crippen LogP contribution is -2.05.